The molecule has 2 unspecified atom stereocenters. The van der Waals surface area contributed by atoms with Crippen molar-refractivity contribution in [3.05, 3.63) is 0 Å². The first-order chi connectivity index (χ1) is 13.6. The molecular formula is C28H58O3. The predicted octanol–water partition coefficient (Wildman–Crippen LogP) is 8.44. The van der Waals surface area contributed by atoms with Crippen LogP contribution in [0.4, 0.5) is 0 Å². The SMILES string of the molecule is CC(C)CCC(C)OC(C)(C)C(C)(C)CCOC(C)(C)C(C)(C)CC(C)OC(C)(C)C. The Balaban J connectivity index is 4.88. The van der Waals surface area contributed by atoms with Crippen LogP contribution in [-0.4, -0.2) is 35.6 Å². The minimum Gasteiger partial charge on any atom is -0.375 e. The van der Waals surface area contributed by atoms with Gasteiger partial charge in [-0.05, 0) is 105 Å². The van der Waals surface area contributed by atoms with Gasteiger partial charge in [-0.25, -0.2) is 0 Å². The number of hydrogen-bond acceptors (Lipinski definition) is 3. The third kappa shape index (κ3) is 11.0. The van der Waals surface area contributed by atoms with Crippen LogP contribution in [0.2, 0.25) is 0 Å². The van der Waals surface area contributed by atoms with E-state index in [1.54, 1.807) is 0 Å². The average molecular weight is 443 g/mol. The second-order valence-corrected chi connectivity index (χ2v) is 13.5. The average Bonchev–Trinajstić information content (AvgIpc) is 2.49. The van der Waals surface area contributed by atoms with Crippen molar-refractivity contribution in [1.82, 2.24) is 0 Å². The zero-order valence-electron chi connectivity index (χ0n) is 24.0. The van der Waals surface area contributed by atoms with Gasteiger partial charge in [0.1, 0.15) is 0 Å². The standard InChI is InChI=1S/C28H58O3/c1-21(2)16-17-22(3)31-28(14,15)25(8,9)18-19-29-27(12,13)26(10,11)20-23(4)30-24(5,6)7/h21-23H,16-20H2,1-15H3. The van der Waals surface area contributed by atoms with Gasteiger partial charge in [0.25, 0.3) is 0 Å². The summed E-state index contributed by atoms with van der Waals surface area (Å²) in [7, 11) is 0. The Labute approximate surface area is 196 Å². The molecule has 3 heteroatoms. The molecule has 0 N–H and O–H groups in total. The van der Waals surface area contributed by atoms with Crippen molar-refractivity contribution in [3.63, 3.8) is 0 Å². The van der Waals surface area contributed by atoms with Gasteiger partial charge in [0.15, 0.2) is 0 Å². The summed E-state index contributed by atoms with van der Waals surface area (Å²) in [5.74, 6) is 0.720. The lowest BCUT2D eigenvalue weighted by Crippen LogP contribution is -2.47. The minimum atomic E-state index is -0.242. The smallest absolute Gasteiger partial charge is 0.0681 e. The van der Waals surface area contributed by atoms with Crippen molar-refractivity contribution in [3.8, 4) is 0 Å². The molecule has 0 aromatic rings. The highest BCUT2D eigenvalue weighted by molar-refractivity contribution is 4.92. The molecule has 0 aliphatic carbocycles. The molecule has 0 heterocycles. The van der Waals surface area contributed by atoms with Crippen molar-refractivity contribution in [2.45, 2.75) is 159 Å². The van der Waals surface area contributed by atoms with Crippen LogP contribution in [0.3, 0.4) is 0 Å². The first kappa shape index (κ1) is 30.9. The summed E-state index contributed by atoms with van der Waals surface area (Å²) >= 11 is 0. The Hall–Kier alpha value is -0.120. The summed E-state index contributed by atoms with van der Waals surface area (Å²) in [6, 6.07) is 0. The zero-order chi connectivity index (χ0) is 24.9. The largest absolute Gasteiger partial charge is 0.375 e. The van der Waals surface area contributed by atoms with Gasteiger partial charge in [0.2, 0.25) is 0 Å². The van der Waals surface area contributed by atoms with E-state index in [4.69, 9.17) is 14.2 Å². The summed E-state index contributed by atoms with van der Waals surface area (Å²) in [6.45, 7) is 34.1. The molecule has 0 aliphatic heterocycles. The Morgan fingerprint density at radius 2 is 1.10 bits per heavy atom. The maximum atomic E-state index is 6.53. The lowest BCUT2D eigenvalue weighted by atomic mass is 9.72. The molecule has 3 nitrogen and oxygen atoms in total. The molecular weight excluding hydrogens is 384 g/mol. The molecule has 0 aliphatic rings. The minimum absolute atomic E-state index is 0.000806. The highest BCUT2D eigenvalue weighted by atomic mass is 16.5. The zero-order valence-corrected chi connectivity index (χ0v) is 24.0. The Morgan fingerprint density at radius 3 is 1.55 bits per heavy atom. The van der Waals surface area contributed by atoms with E-state index in [2.05, 4.69) is 104 Å². The van der Waals surface area contributed by atoms with Gasteiger partial charge in [0, 0.05) is 6.61 Å². The predicted molar refractivity (Wildman–Crippen MR) is 136 cm³/mol. The lowest BCUT2D eigenvalue weighted by molar-refractivity contribution is -0.160. The van der Waals surface area contributed by atoms with Gasteiger partial charge >= 0.3 is 0 Å². The molecule has 0 fully saturated rings. The summed E-state index contributed by atoms with van der Waals surface area (Å²) in [5, 5.41) is 0. The monoisotopic (exact) mass is 442 g/mol. The van der Waals surface area contributed by atoms with E-state index in [0.29, 0.717) is 0 Å². The maximum Gasteiger partial charge on any atom is 0.0681 e. The Kier molecular flexibility index (Phi) is 11.3. The molecule has 0 saturated carbocycles. The van der Waals surface area contributed by atoms with E-state index in [1.807, 2.05) is 0 Å². The molecule has 188 valence electrons. The van der Waals surface area contributed by atoms with E-state index in [9.17, 15) is 0 Å². The molecule has 0 bridgehead atoms. The quantitative estimate of drug-likeness (QED) is 0.270. The summed E-state index contributed by atoms with van der Waals surface area (Å²) in [6.07, 6.45) is 4.71. The van der Waals surface area contributed by atoms with E-state index >= 15 is 0 Å². The Morgan fingerprint density at radius 1 is 0.581 bits per heavy atom. The molecule has 0 aromatic carbocycles. The molecule has 0 aromatic heterocycles. The van der Waals surface area contributed by atoms with Crippen LogP contribution in [-0.2, 0) is 14.2 Å². The van der Waals surface area contributed by atoms with Gasteiger partial charge in [-0.3, -0.25) is 0 Å². The van der Waals surface area contributed by atoms with Crippen LogP contribution >= 0.6 is 0 Å². The molecule has 0 radical (unpaired) electrons. The number of hydrogen-bond donors (Lipinski definition) is 0. The van der Waals surface area contributed by atoms with Crippen LogP contribution in [0.5, 0.6) is 0 Å². The highest BCUT2D eigenvalue weighted by Crippen LogP contribution is 2.42. The van der Waals surface area contributed by atoms with Crippen LogP contribution in [0.15, 0.2) is 0 Å². The van der Waals surface area contributed by atoms with E-state index < -0.39 is 0 Å². The van der Waals surface area contributed by atoms with Crippen LogP contribution in [0.1, 0.15) is 130 Å². The fourth-order valence-corrected chi connectivity index (χ4v) is 3.96. The van der Waals surface area contributed by atoms with Crippen molar-refractivity contribution in [2.75, 3.05) is 6.61 Å². The summed E-state index contributed by atoms with van der Waals surface area (Å²) in [4.78, 5) is 0. The molecule has 0 spiro atoms. The van der Waals surface area contributed by atoms with Gasteiger partial charge < -0.3 is 14.2 Å². The molecule has 0 saturated heterocycles. The summed E-state index contributed by atoms with van der Waals surface area (Å²) < 4.78 is 19.2. The van der Waals surface area contributed by atoms with Crippen LogP contribution in [0.25, 0.3) is 0 Å². The van der Waals surface area contributed by atoms with Crippen molar-refractivity contribution < 1.29 is 14.2 Å². The first-order valence-electron chi connectivity index (χ1n) is 12.6. The van der Waals surface area contributed by atoms with Crippen LogP contribution < -0.4 is 0 Å². The first-order valence-corrected chi connectivity index (χ1v) is 12.6. The molecule has 0 rings (SSSR count). The van der Waals surface area contributed by atoms with Crippen molar-refractivity contribution in [1.29, 1.82) is 0 Å². The van der Waals surface area contributed by atoms with Gasteiger partial charge in [0.05, 0.1) is 29.0 Å². The molecule has 0 amide bonds. The van der Waals surface area contributed by atoms with Crippen molar-refractivity contribution >= 4 is 0 Å². The van der Waals surface area contributed by atoms with Gasteiger partial charge in [-0.1, -0.05) is 41.5 Å². The van der Waals surface area contributed by atoms with E-state index in [1.165, 1.54) is 6.42 Å². The highest BCUT2D eigenvalue weighted by Gasteiger charge is 2.42. The van der Waals surface area contributed by atoms with E-state index in [0.717, 1.165) is 31.8 Å². The fourth-order valence-electron chi connectivity index (χ4n) is 3.96. The van der Waals surface area contributed by atoms with Crippen molar-refractivity contribution in [2.24, 2.45) is 16.7 Å². The van der Waals surface area contributed by atoms with Gasteiger partial charge in [-0.2, -0.15) is 0 Å². The molecule has 31 heavy (non-hydrogen) atoms. The fraction of sp³-hybridized carbons (Fsp3) is 1.00. The normalized spacial score (nSPS) is 16.6. The van der Waals surface area contributed by atoms with E-state index in [-0.39, 0.29) is 39.8 Å². The molecule has 2 atom stereocenters. The topological polar surface area (TPSA) is 27.7 Å². The van der Waals surface area contributed by atoms with Gasteiger partial charge in [-0.15, -0.1) is 0 Å². The number of ether oxygens (including phenoxy) is 3. The van der Waals surface area contributed by atoms with Crippen LogP contribution in [0, 0.1) is 16.7 Å². The Bertz CT molecular complexity index is 509. The second-order valence-electron chi connectivity index (χ2n) is 13.5. The second kappa shape index (κ2) is 11.3. The lowest BCUT2D eigenvalue weighted by Gasteiger charge is -2.46. The third-order valence-corrected chi connectivity index (χ3v) is 7.45. The third-order valence-electron chi connectivity index (χ3n) is 7.45. The maximum absolute atomic E-state index is 6.53. The number of rotatable bonds is 14. The summed E-state index contributed by atoms with van der Waals surface area (Å²) in [5.41, 5.74) is -0.556.